The van der Waals surface area contributed by atoms with Crippen molar-refractivity contribution in [3.05, 3.63) is 41.7 Å². The Morgan fingerprint density at radius 2 is 1.92 bits per heavy atom. The Morgan fingerprint density at radius 3 is 2.50 bits per heavy atom. The molecule has 1 saturated heterocycles. The first-order valence-corrected chi connectivity index (χ1v) is 8.76. The highest BCUT2D eigenvalue weighted by atomic mass is 32.2. The zero-order chi connectivity index (χ0) is 17.3. The summed E-state index contributed by atoms with van der Waals surface area (Å²) in [7, 11) is 3.60. The number of thioether (sulfide) groups is 1. The maximum atomic E-state index is 12.9. The van der Waals surface area contributed by atoms with Gasteiger partial charge in [-0.05, 0) is 19.7 Å². The van der Waals surface area contributed by atoms with Crippen LogP contribution in [0.15, 0.2) is 36.1 Å². The van der Waals surface area contributed by atoms with Gasteiger partial charge in [0, 0.05) is 5.75 Å². The van der Waals surface area contributed by atoms with Crippen molar-refractivity contribution in [2.24, 2.45) is 5.73 Å². The molecule has 7 heteroatoms. The number of rotatable bonds is 4. The van der Waals surface area contributed by atoms with Crippen molar-refractivity contribution in [1.82, 2.24) is 9.80 Å². The second-order valence-electron chi connectivity index (χ2n) is 6.17. The molecule has 0 atom stereocenters. The van der Waals surface area contributed by atoms with Crippen molar-refractivity contribution in [2.45, 2.75) is 5.54 Å². The molecule has 0 unspecified atom stereocenters. The van der Waals surface area contributed by atoms with Gasteiger partial charge >= 0.3 is 0 Å². The predicted octanol–water partition coefficient (Wildman–Crippen LogP) is 0.747. The molecule has 2 N–H and O–H groups in total. The lowest BCUT2D eigenvalue weighted by molar-refractivity contribution is -0.152. The molecule has 0 radical (unpaired) electrons. The monoisotopic (exact) mass is 347 g/mol. The molecule has 0 aliphatic carbocycles. The normalized spacial score (nSPS) is 19.7. The van der Waals surface area contributed by atoms with Crippen molar-refractivity contribution in [1.29, 1.82) is 0 Å². The molecular weight excluding hydrogens is 326 g/mol. The molecule has 1 aromatic carbocycles. The third-order valence-electron chi connectivity index (χ3n) is 4.52. The third-order valence-corrected chi connectivity index (χ3v) is 5.60. The van der Waals surface area contributed by atoms with Crippen molar-refractivity contribution < 1.29 is 14.3 Å². The van der Waals surface area contributed by atoms with Crippen LogP contribution >= 0.6 is 11.8 Å². The molecule has 2 heterocycles. The van der Waals surface area contributed by atoms with Crippen LogP contribution in [-0.4, -0.2) is 66.7 Å². The topological polar surface area (TPSA) is 75.9 Å². The summed E-state index contributed by atoms with van der Waals surface area (Å²) in [6, 6.07) is 9.75. The van der Waals surface area contributed by atoms with Gasteiger partial charge < -0.3 is 15.4 Å². The van der Waals surface area contributed by atoms with E-state index in [2.05, 4.69) is 0 Å². The standard InChI is InChI=1S/C17H21N3O3S/c1-19(2)17(16(18)22)10-20(11-17)15(21)13-14(24-9-8-23-13)12-6-4-3-5-7-12/h3-7H,8-11H2,1-2H3,(H2,18,22). The molecule has 24 heavy (non-hydrogen) atoms. The molecule has 2 aliphatic heterocycles. The van der Waals surface area contributed by atoms with Gasteiger partial charge in [0.2, 0.25) is 5.91 Å². The summed E-state index contributed by atoms with van der Waals surface area (Å²) in [6.07, 6.45) is 0. The first kappa shape index (κ1) is 16.9. The zero-order valence-electron chi connectivity index (χ0n) is 13.8. The smallest absolute Gasteiger partial charge is 0.290 e. The molecule has 0 aromatic heterocycles. The second-order valence-corrected chi connectivity index (χ2v) is 7.28. The van der Waals surface area contributed by atoms with Crippen LogP contribution in [0.2, 0.25) is 0 Å². The highest BCUT2D eigenvalue weighted by Gasteiger charge is 2.52. The molecule has 3 rings (SSSR count). The number of hydrogen-bond acceptors (Lipinski definition) is 5. The highest BCUT2D eigenvalue weighted by molar-refractivity contribution is 8.08. The maximum Gasteiger partial charge on any atom is 0.290 e. The second kappa shape index (κ2) is 6.49. The van der Waals surface area contributed by atoms with E-state index in [1.54, 1.807) is 35.7 Å². The molecule has 1 aromatic rings. The highest BCUT2D eigenvalue weighted by Crippen LogP contribution is 2.37. The third kappa shape index (κ3) is 2.78. The number of likely N-dealkylation sites (N-methyl/N-ethyl adjacent to an activating group) is 1. The van der Waals surface area contributed by atoms with E-state index < -0.39 is 11.4 Å². The Balaban J connectivity index is 1.84. The number of nitrogens with zero attached hydrogens (tertiary/aromatic N) is 2. The Kier molecular flexibility index (Phi) is 4.56. The average molecular weight is 347 g/mol. The number of benzene rings is 1. The minimum Gasteiger partial charge on any atom is -0.486 e. The van der Waals surface area contributed by atoms with Crippen LogP contribution in [0.4, 0.5) is 0 Å². The summed E-state index contributed by atoms with van der Waals surface area (Å²) >= 11 is 1.62. The van der Waals surface area contributed by atoms with E-state index in [4.69, 9.17) is 10.5 Å². The van der Waals surface area contributed by atoms with E-state index >= 15 is 0 Å². The van der Waals surface area contributed by atoms with Crippen LogP contribution in [0.3, 0.4) is 0 Å². The SMILES string of the molecule is CN(C)C1(C(N)=O)CN(C(=O)C2=C(c3ccccc3)SCCO2)C1. The molecule has 128 valence electrons. The van der Waals surface area contributed by atoms with Crippen LogP contribution in [0.25, 0.3) is 4.91 Å². The number of ether oxygens (including phenoxy) is 1. The molecular formula is C17H21N3O3S. The summed E-state index contributed by atoms with van der Waals surface area (Å²) in [6.45, 7) is 1.08. The minimum absolute atomic E-state index is 0.181. The van der Waals surface area contributed by atoms with E-state index in [9.17, 15) is 9.59 Å². The number of nitrogens with two attached hydrogens (primary N) is 1. The fourth-order valence-electron chi connectivity index (χ4n) is 2.91. The summed E-state index contributed by atoms with van der Waals surface area (Å²) in [5, 5.41) is 0. The number of carbonyl (C=O) groups excluding carboxylic acids is 2. The van der Waals surface area contributed by atoms with Gasteiger partial charge in [-0.25, -0.2) is 0 Å². The molecule has 0 bridgehead atoms. The number of amides is 2. The number of primary amides is 1. The van der Waals surface area contributed by atoms with Crippen LogP contribution < -0.4 is 5.73 Å². The van der Waals surface area contributed by atoms with Crippen molar-refractivity contribution in [3.63, 3.8) is 0 Å². The first-order chi connectivity index (χ1) is 11.5. The lowest BCUT2D eigenvalue weighted by atomic mass is 9.87. The molecule has 2 aliphatic rings. The first-order valence-electron chi connectivity index (χ1n) is 7.77. The van der Waals surface area contributed by atoms with E-state index in [0.717, 1.165) is 16.2 Å². The van der Waals surface area contributed by atoms with E-state index in [1.807, 2.05) is 30.3 Å². The number of hydrogen-bond donors (Lipinski definition) is 1. The summed E-state index contributed by atoms with van der Waals surface area (Å²) < 4.78 is 5.69. The number of likely N-dealkylation sites (tertiary alicyclic amines) is 1. The molecule has 0 spiro atoms. The Labute approximate surface area is 145 Å². The lowest BCUT2D eigenvalue weighted by Crippen LogP contribution is -2.75. The van der Waals surface area contributed by atoms with Gasteiger partial charge in [0.1, 0.15) is 5.54 Å². The van der Waals surface area contributed by atoms with Crippen molar-refractivity contribution in [2.75, 3.05) is 39.5 Å². The molecule has 1 fully saturated rings. The largest absolute Gasteiger partial charge is 0.486 e. The van der Waals surface area contributed by atoms with E-state index in [-0.39, 0.29) is 19.0 Å². The average Bonchev–Trinajstić information content (AvgIpc) is 2.54. The Bertz CT molecular complexity index is 682. The van der Waals surface area contributed by atoms with Gasteiger partial charge in [-0.15, -0.1) is 11.8 Å². The van der Waals surface area contributed by atoms with E-state index in [0.29, 0.717) is 12.4 Å². The van der Waals surface area contributed by atoms with Crippen LogP contribution in [0, 0.1) is 0 Å². The number of carbonyl (C=O) groups is 2. The Morgan fingerprint density at radius 1 is 1.25 bits per heavy atom. The van der Waals surface area contributed by atoms with Gasteiger partial charge in [-0.3, -0.25) is 14.5 Å². The fraction of sp³-hybridized carbons (Fsp3) is 0.412. The van der Waals surface area contributed by atoms with Crippen LogP contribution in [-0.2, 0) is 14.3 Å². The fourth-order valence-corrected chi connectivity index (χ4v) is 3.86. The Hall–Kier alpha value is -1.99. The molecule has 2 amide bonds. The molecule has 6 nitrogen and oxygen atoms in total. The van der Waals surface area contributed by atoms with Gasteiger partial charge in [0.15, 0.2) is 5.76 Å². The quantitative estimate of drug-likeness (QED) is 0.870. The summed E-state index contributed by atoms with van der Waals surface area (Å²) in [4.78, 5) is 28.9. The predicted molar refractivity (Wildman–Crippen MR) is 94.0 cm³/mol. The van der Waals surface area contributed by atoms with Crippen LogP contribution in [0.5, 0.6) is 0 Å². The van der Waals surface area contributed by atoms with Crippen LogP contribution in [0.1, 0.15) is 5.56 Å². The zero-order valence-corrected chi connectivity index (χ0v) is 14.6. The van der Waals surface area contributed by atoms with Gasteiger partial charge in [-0.2, -0.15) is 0 Å². The van der Waals surface area contributed by atoms with Gasteiger partial charge in [-0.1, -0.05) is 30.3 Å². The minimum atomic E-state index is -0.787. The van der Waals surface area contributed by atoms with E-state index in [1.165, 1.54) is 0 Å². The van der Waals surface area contributed by atoms with Crippen molar-refractivity contribution in [3.8, 4) is 0 Å². The van der Waals surface area contributed by atoms with Gasteiger partial charge in [0.25, 0.3) is 5.91 Å². The maximum absolute atomic E-state index is 12.9. The molecule has 0 saturated carbocycles. The summed E-state index contributed by atoms with van der Waals surface area (Å²) in [5.41, 5.74) is 5.71. The summed E-state index contributed by atoms with van der Waals surface area (Å²) in [5.74, 6) is 0.589. The van der Waals surface area contributed by atoms with Gasteiger partial charge in [0.05, 0.1) is 24.6 Å². The van der Waals surface area contributed by atoms with Crippen molar-refractivity contribution >= 4 is 28.5 Å². The lowest BCUT2D eigenvalue weighted by Gasteiger charge is -2.51.